The van der Waals surface area contributed by atoms with Crippen LogP contribution in [0.4, 0.5) is 5.82 Å². The van der Waals surface area contributed by atoms with E-state index in [-0.39, 0.29) is 6.61 Å². The molecule has 0 bridgehead atoms. The van der Waals surface area contributed by atoms with Gasteiger partial charge in [-0.2, -0.15) is 5.10 Å². The van der Waals surface area contributed by atoms with Gasteiger partial charge >= 0.3 is 0 Å². The molecule has 0 aromatic carbocycles. The summed E-state index contributed by atoms with van der Waals surface area (Å²) in [6.45, 7) is 4.20. The van der Waals surface area contributed by atoms with Gasteiger partial charge in [-0.15, -0.1) is 22.7 Å². The van der Waals surface area contributed by atoms with Crippen molar-refractivity contribution in [1.29, 1.82) is 0 Å². The molecule has 114 valence electrons. The summed E-state index contributed by atoms with van der Waals surface area (Å²) in [4.78, 5) is 12.8. The Labute approximate surface area is 136 Å². The SMILES string of the molecule is CCc1cc2c(N/N=C/c3sc(CO)cc3C)ncnc2s1. The normalized spacial score (nSPS) is 11.6. The zero-order valence-corrected chi connectivity index (χ0v) is 14.0. The second-order valence-electron chi connectivity index (χ2n) is 4.80. The molecule has 0 radical (unpaired) electrons. The van der Waals surface area contributed by atoms with E-state index in [9.17, 15) is 0 Å². The van der Waals surface area contributed by atoms with Crippen molar-refractivity contribution < 1.29 is 5.11 Å². The van der Waals surface area contributed by atoms with Crippen molar-refractivity contribution in [3.05, 3.63) is 38.7 Å². The molecule has 0 saturated heterocycles. The molecule has 2 N–H and O–H groups in total. The zero-order chi connectivity index (χ0) is 15.5. The van der Waals surface area contributed by atoms with E-state index in [1.54, 1.807) is 23.9 Å². The number of aryl methyl sites for hydroxylation is 2. The van der Waals surface area contributed by atoms with Gasteiger partial charge in [0.05, 0.1) is 23.1 Å². The first-order valence-electron chi connectivity index (χ1n) is 6.94. The highest BCUT2D eigenvalue weighted by molar-refractivity contribution is 7.18. The number of aliphatic hydroxyl groups excluding tert-OH is 1. The fourth-order valence-corrected chi connectivity index (χ4v) is 3.93. The van der Waals surface area contributed by atoms with E-state index in [0.29, 0.717) is 5.82 Å². The summed E-state index contributed by atoms with van der Waals surface area (Å²) in [5.74, 6) is 0.716. The molecule has 3 aromatic heterocycles. The van der Waals surface area contributed by atoms with Gasteiger partial charge in [0, 0.05) is 9.75 Å². The Morgan fingerprint density at radius 3 is 2.86 bits per heavy atom. The molecule has 3 rings (SSSR count). The number of hydrogen-bond acceptors (Lipinski definition) is 7. The fraction of sp³-hybridized carbons (Fsp3) is 0.267. The molecule has 7 heteroatoms. The summed E-state index contributed by atoms with van der Waals surface area (Å²) in [6.07, 6.45) is 4.30. The fourth-order valence-electron chi connectivity index (χ4n) is 2.09. The average Bonchev–Trinajstić information content (AvgIpc) is 3.11. The molecule has 3 aromatic rings. The third kappa shape index (κ3) is 3.01. The summed E-state index contributed by atoms with van der Waals surface area (Å²) < 4.78 is 0. The monoisotopic (exact) mass is 332 g/mol. The van der Waals surface area contributed by atoms with Crippen LogP contribution in [0, 0.1) is 6.92 Å². The van der Waals surface area contributed by atoms with Crippen molar-refractivity contribution in [2.75, 3.05) is 5.43 Å². The molecule has 22 heavy (non-hydrogen) atoms. The minimum atomic E-state index is 0.0635. The minimum absolute atomic E-state index is 0.0635. The van der Waals surface area contributed by atoms with Crippen LogP contribution in [-0.4, -0.2) is 21.3 Å². The van der Waals surface area contributed by atoms with E-state index in [4.69, 9.17) is 5.11 Å². The van der Waals surface area contributed by atoms with Crippen LogP contribution in [-0.2, 0) is 13.0 Å². The Kier molecular flexibility index (Phi) is 4.47. The molecule has 0 aliphatic rings. The van der Waals surface area contributed by atoms with Crippen molar-refractivity contribution in [3.63, 3.8) is 0 Å². The molecule has 5 nitrogen and oxygen atoms in total. The van der Waals surface area contributed by atoms with Crippen molar-refractivity contribution in [1.82, 2.24) is 9.97 Å². The van der Waals surface area contributed by atoms with Gasteiger partial charge in [-0.05, 0) is 31.0 Å². The van der Waals surface area contributed by atoms with Gasteiger partial charge in [0.25, 0.3) is 0 Å². The Bertz CT molecular complexity index is 822. The summed E-state index contributed by atoms with van der Waals surface area (Å²) in [7, 11) is 0. The lowest BCUT2D eigenvalue weighted by Crippen LogP contribution is -1.94. The number of anilines is 1. The van der Waals surface area contributed by atoms with Crippen molar-refractivity contribution in [2.24, 2.45) is 5.10 Å². The van der Waals surface area contributed by atoms with Crippen LogP contribution < -0.4 is 5.43 Å². The minimum Gasteiger partial charge on any atom is -0.391 e. The van der Waals surface area contributed by atoms with Gasteiger partial charge in [-0.3, -0.25) is 5.43 Å². The Morgan fingerprint density at radius 2 is 2.14 bits per heavy atom. The predicted molar refractivity (Wildman–Crippen MR) is 93.0 cm³/mol. The topological polar surface area (TPSA) is 70.4 Å². The number of hydrogen-bond donors (Lipinski definition) is 2. The Hall–Kier alpha value is -1.83. The van der Waals surface area contributed by atoms with E-state index in [0.717, 1.165) is 32.0 Å². The molecule has 0 fully saturated rings. The van der Waals surface area contributed by atoms with Gasteiger partial charge in [0.2, 0.25) is 0 Å². The van der Waals surface area contributed by atoms with E-state index >= 15 is 0 Å². The maximum atomic E-state index is 9.16. The molecule has 0 saturated carbocycles. The first-order valence-corrected chi connectivity index (χ1v) is 8.57. The quantitative estimate of drug-likeness (QED) is 0.553. The van der Waals surface area contributed by atoms with Gasteiger partial charge in [-0.1, -0.05) is 6.92 Å². The van der Waals surface area contributed by atoms with Crippen LogP contribution in [0.15, 0.2) is 23.6 Å². The predicted octanol–water partition coefficient (Wildman–Crippen LogP) is 3.56. The Morgan fingerprint density at radius 1 is 1.27 bits per heavy atom. The van der Waals surface area contributed by atoms with Crippen LogP contribution in [0.1, 0.15) is 27.1 Å². The molecule has 0 spiro atoms. The van der Waals surface area contributed by atoms with E-state index in [1.165, 1.54) is 16.2 Å². The van der Waals surface area contributed by atoms with Crippen LogP contribution in [0.2, 0.25) is 0 Å². The maximum absolute atomic E-state index is 9.16. The van der Waals surface area contributed by atoms with E-state index in [2.05, 4.69) is 33.5 Å². The maximum Gasteiger partial charge on any atom is 0.158 e. The standard InChI is InChI=1S/C15H16N4OS2/c1-3-10-5-12-14(16-8-17-15(12)22-10)19-18-6-13-9(2)4-11(7-20)21-13/h4-6,8,20H,3,7H2,1-2H3,(H,16,17,19)/b18-6+. The van der Waals surface area contributed by atoms with E-state index < -0.39 is 0 Å². The lowest BCUT2D eigenvalue weighted by atomic mass is 10.3. The average molecular weight is 332 g/mol. The number of aromatic nitrogens is 2. The van der Waals surface area contributed by atoms with Crippen LogP contribution in [0.5, 0.6) is 0 Å². The van der Waals surface area contributed by atoms with Gasteiger partial charge in [0.1, 0.15) is 11.2 Å². The molecule has 0 atom stereocenters. The second kappa shape index (κ2) is 6.51. The van der Waals surface area contributed by atoms with Crippen molar-refractivity contribution >= 4 is 44.9 Å². The van der Waals surface area contributed by atoms with Gasteiger partial charge in [-0.25, -0.2) is 9.97 Å². The molecule has 0 amide bonds. The molecule has 0 aliphatic carbocycles. The third-order valence-electron chi connectivity index (χ3n) is 3.24. The third-order valence-corrected chi connectivity index (χ3v) is 5.59. The largest absolute Gasteiger partial charge is 0.391 e. The van der Waals surface area contributed by atoms with Crippen molar-refractivity contribution in [3.8, 4) is 0 Å². The van der Waals surface area contributed by atoms with Gasteiger partial charge in [0.15, 0.2) is 5.82 Å². The number of fused-ring (bicyclic) bond motifs is 1. The van der Waals surface area contributed by atoms with Crippen LogP contribution in [0.3, 0.4) is 0 Å². The molecular formula is C15H16N4OS2. The summed E-state index contributed by atoms with van der Waals surface area (Å²) >= 11 is 3.22. The summed E-state index contributed by atoms with van der Waals surface area (Å²) in [6, 6.07) is 4.08. The van der Waals surface area contributed by atoms with Crippen molar-refractivity contribution in [2.45, 2.75) is 26.9 Å². The highest BCUT2D eigenvalue weighted by Crippen LogP contribution is 2.28. The smallest absolute Gasteiger partial charge is 0.158 e. The van der Waals surface area contributed by atoms with Crippen LogP contribution >= 0.6 is 22.7 Å². The number of rotatable bonds is 5. The number of aliphatic hydroxyl groups is 1. The lowest BCUT2D eigenvalue weighted by Gasteiger charge is -1.99. The highest BCUT2D eigenvalue weighted by Gasteiger charge is 2.07. The summed E-state index contributed by atoms with van der Waals surface area (Å²) in [5, 5.41) is 14.4. The van der Waals surface area contributed by atoms with Crippen LogP contribution in [0.25, 0.3) is 10.2 Å². The van der Waals surface area contributed by atoms with Gasteiger partial charge < -0.3 is 5.11 Å². The molecule has 0 unspecified atom stereocenters. The Balaban J connectivity index is 1.82. The van der Waals surface area contributed by atoms with E-state index in [1.807, 2.05) is 13.0 Å². The molecular weight excluding hydrogens is 316 g/mol. The zero-order valence-electron chi connectivity index (χ0n) is 12.3. The number of nitrogens with zero attached hydrogens (tertiary/aromatic N) is 3. The number of hydrazone groups is 1. The molecule has 3 heterocycles. The summed E-state index contributed by atoms with van der Waals surface area (Å²) in [5.41, 5.74) is 4.10. The first kappa shape index (κ1) is 15.1. The highest BCUT2D eigenvalue weighted by atomic mass is 32.1. The number of thiophene rings is 2. The second-order valence-corrected chi connectivity index (χ2v) is 7.08. The number of nitrogens with one attached hydrogen (secondary N) is 1. The lowest BCUT2D eigenvalue weighted by molar-refractivity contribution is 0.285. The first-order chi connectivity index (χ1) is 10.7. The molecule has 0 aliphatic heterocycles.